The van der Waals surface area contributed by atoms with Gasteiger partial charge in [0.2, 0.25) is 5.91 Å². The van der Waals surface area contributed by atoms with Gasteiger partial charge in [0, 0.05) is 24.5 Å². The number of carbonyl (C=O) groups excluding carboxylic acids is 3. The number of esters is 1. The zero-order valence-corrected chi connectivity index (χ0v) is 18.5. The van der Waals surface area contributed by atoms with Crippen LogP contribution in [0.15, 0.2) is 55.1 Å². The summed E-state index contributed by atoms with van der Waals surface area (Å²) < 4.78 is 33.6. The van der Waals surface area contributed by atoms with E-state index in [9.17, 15) is 23.2 Å². The number of methoxy groups -OCH3 is 1. The summed E-state index contributed by atoms with van der Waals surface area (Å²) in [5, 5.41) is 5.18. The molecule has 0 aliphatic rings. The van der Waals surface area contributed by atoms with Crippen LogP contribution in [0.5, 0.6) is 0 Å². The monoisotopic (exact) mass is 468 g/mol. The fraction of sp³-hybridized carbons (Fsp3) is 0.208. The highest BCUT2D eigenvalue weighted by Gasteiger charge is 2.21. The first-order chi connectivity index (χ1) is 16.3. The number of nitrogens with one attached hydrogen (secondary N) is 2. The molecule has 3 aromatic rings. The molecule has 1 atom stereocenters. The average Bonchev–Trinajstić information content (AvgIpc) is 2.86. The van der Waals surface area contributed by atoms with Gasteiger partial charge < -0.3 is 15.4 Å². The molecule has 176 valence electrons. The van der Waals surface area contributed by atoms with Crippen molar-refractivity contribution in [2.75, 3.05) is 7.11 Å². The van der Waals surface area contributed by atoms with Crippen LogP contribution in [0.4, 0.5) is 8.78 Å². The Morgan fingerprint density at radius 2 is 1.79 bits per heavy atom. The quantitative estimate of drug-likeness (QED) is 0.492. The fourth-order valence-corrected chi connectivity index (χ4v) is 3.25. The van der Waals surface area contributed by atoms with Crippen molar-refractivity contribution in [3.05, 3.63) is 83.4 Å². The Balaban J connectivity index is 1.71. The number of carbonyl (C=O) groups is 3. The van der Waals surface area contributed by atoms with Gasteiger partial charge in [-0.25, -0.2) is 23.5 Å². The summed E-state index contributed by atoms with van der Waals surface area (Å²) in [6.07, 6.45) is 4.25. The van der Waals surface area contributed by atoms with Crippen molar-refractivity contribution in [2.45, 2.75) is 25.9 Å². The fourth-order valence-electron chi connectivity index (χ4n) is 3.25. The number of halogens is 2. The first kappa shape index (κ1) is 24.4. The third-order valence-electron chi connectivity index (χ3n) is 5.07. The number of hydrogen-bond donors (Lipinski definition) is 2. The summed E-state index contributed by atoms with van der Waals surface area (Å²) in [4.78, 5) is 44.3. The lowest BCUT2D eigenvalue weighted by atomic mass is 9.98. The number of aromatic nitrogens is 2. The van der Waals surface area contributed by atoms with Crippen LogP contribution in [0, 0.1) is 11.6 Å². The Kier molecular flexibility index (Phi) is 7.96. The molecule has 1 unspecified atom stereocenters. The van der Waals surface area contributed by atoms with Crippen LogP contribution in [-0.2, 0) is 16.1 Å². The highest BCUT2D eigenvalue weighted by atomic mass is 19.1. The van der Waals surface area contributed by atoms with Crippen LogP contribution < -0.4 is 10.6 Å². The van der Waals surface area contributed by atoms with E-state index >= 15 is 0 Å². The Labute approximate surface area is 194 Å². The average molecular weight is 468 g/mol. The maximum Gasteiger partial charge on any atom is 0.341 e. The van der Waals surface area contributed by atoms with Crippen LogP contribution in [0.2, 0.25) is 0 Å². The Morgan fingerprint density at radius 3 is 2.44 bits per heavy atom. The van der Waals surface area contributed by atoms with Crippen LogP contribution >= 0.6 is 0 Å². The molecule has 2 aromatic carbocycles. The molecule has 0 aliphatic heterocycles. The SMILES string of the molecule is CCC(NC(=O)c1cncnc1)C(=O)NCc1ccc(-c2cccc(F)c2C(=O)OC)cc1F. The molecule has 0 saturated heterocycles. The smallest absolute Gasteiger partial charge is 0.341 e. The van der Waals surface area contributed by atoms with Gasteiger partial charge in [-0.3, -0.25) is 9.59 Å². The molecule has 0 spiro atoms. The van der Waals surface area contributed by atoms with E-state index in [1.54, 1.807) is 6.92 Å². The van der Waals surface area contributed by atoms with E-state index in [0.29, 0.717) is 6.42 Å². The normalized spacial score (nSPS) is 11.4. The molecular weight excluding hydrogens is 446 g/mol. The summed E-state index contributed by atoms with van der Waals surface area (Å²) in [5.74, 6) is -3.31. The first-order valence-corrected chi connectivity index (χ1v) is 10.3. The minimum Gasteiger partial charge on any atom is -0.465 e. The number of hydrogen-bond acceptors (Lipinski definition) is 6. The third kappa shape index (κ3) is 5.58. The van der Waals surface area contributed by atoms with Gasteiger partial charge in [0.25, 0.3) is 5.91 Å². The van der Waals surface area contributed by atoms with E-state index in [2.05, 4.69) is 25.3 Å². The zero-order chi connectivity index (χ0) is 24.7. The summed E-state index contributed by atoms with van der Waals surface area (Å²) in [6.45, 7) is 1.58. The molecule has 0 saturated carbocycles. The van der Waals surface area contributed by atoms with Crippen LogP contribution in [0.3, 0.4) is 0 Å². The second-order valence-corrected chi connectivity index (χ2v) is 7.24. The predicted octanol–water partition coefficient (Wildman–Crippen LogP) is 3.03. The molecule has 3 rings (SSSR count). The highest BCUT2D eigenvalue weighted by Crippen LogP contribution is 2.28. The molecule has 8 nitrogen and oxygen atoms in total. The van der Waals surface area contributed by atoms with Gasteiger partial charge in [0.1, 0.15) is 29.6 Å². The molecule has 34 heavy (non-hydrogen) atoms. The molecule has 0 radical (unpaired) electrons. The number of amides is 2. The van der Waals surface area contributed by atoms with E-state index in [4.69, 9.17) is 0 Å². The van der Waals surface area contributed by atoms with Gasteiger partial charge in [-0.05, 0) is 29.7 Å². The van der Waals surface area contributed by atoms with Gasteiger partial charge in [-0.15, -0.1) is 0 Å². The first-order valence-electron chi connectivity index (χ1n) is 10.3. The van der Waals surface area contributed by atoms with E-state index in [-0.39, 0.29) is 34.4 Å². The van der Waals surface area contributed by atoms with Crippen molar-refractivity contribution >= 4 is 17.8 Å². The topological polar surface area (TPSA) is 110 Å². The molecule has 2 amide bonds. The lowest BCUT2D eigenvalue weighted by Gasteiger charge is -2.17. The zero-order valence-electron chi connectivity index (χ0n) is 18.5. The van der Waals surface area contributed by atoms with Crippen LogP contribution in [0.1, 0.15) is 39.6 Å². The van der Waals surface area contributed by atoms with Crippen LogP contribution in [-0.4, -0.2) is 40.9 Å². The van der Waals surface area contributed by atoms with Gasteiger partial charge in [0.05, 0.1) is 12.7 Å². The second kappa shape index (κ2) is 11.1. The van der Waals surface area contributed by atoms with Crippen molar-refractivity contribution in [3.8, 4) is 11.1 Å². The maximum atomic E-state index is 14.8. The molecular formula is C24H22F2N4O4. The molecule has 0 bridgehead atoms. The number of ether oxygens (including phenoxy) is 1. The summed E-state index contributed by atoms with van der Waals surface area (Å²) in [5.41, 5.74) is 0.539. The Bertz CT molecular complexity index is 1200. The van der Waals surface area contributed by atoms with Crippen molar-refractivity contribution < 1.29 is 27.9 Å². The molecule has 2 N–H and O–H groups in total. The van der Waals surface area contributed by atoms with Gasteiger partial charge in [0.15, 0.2) is 0 Å². The lowest BCUT2D eigenvalue weighted by molar-refractivity contribution is -0.123. The maximum absolute atomic E-state index is 14.8. The number of rotatable bonds is 8. The van der Waals surface area contributed by atoms with Crippen molar-refractivity contribution in [2.24, 2.45) is 0 Å². The summed E-state index contributed by atoms with van der Waals surface area (Å²) in [6, 6.07) is 7.26. The number of benzene rings is 2. The van der Waals surface area contributed by atoms with Gasteiger partial charge in [-0.2, -0.15) is 0 Å². The Hall–Kier alpha value is -4.21. The molecule has 1 heterocycles. The van der Waals surface area contributed by atoms with E-state index in [1.165, 1.54) is 43.0 Å². The Morgan fingerprint density at radius 1 is 1.06 bits per heavy atom. The minimum atomic E-state index is -0.875. The lowest BCUT2D eigenvalue weighted by Crippen LogP contribution is -2.46. The standard InChI is InChI=1S/C24H22F2N4O4/c1-3-20(30-22(31)16-10-27-13-28-11-16)23(32)29-12-15-8-7-14(9-19(15)26)17-5-4-6-18(25)21(17)24(33)34-2/h4-11,13,20H,3,12H2,1-2H3,(H,29,32)(H,30,31). The van der Waals surface area contributed by atoms with Crippen molar-refractivity contribution in [1.82, 2.24) is 20.6 Å². The van der Waals surface area contributed by atoms with Gasteiger partial charge in [-0.1, -0.05) is 31.2 Å². The third-order valence-corrected chi connectivity index (χ3v) is 5.07. The molecule has 1 aromatic heterocycles. The van der Waals surface area contributed by atoms with E-state index in [1.807, 2.05) is 0 Å². The molecule has 0 fully saturated rings. The van der Waals surface area contributed by atoms with Crippen molar-refractivity contribution in [3.63, 3.8) is 0 Å². The van der Waals surface area contributed by atoms with Crippen molar-refractivity contribution in [1.29, 1.82) is 0 Å². The highest BCUT2D eigenvalue weighted by molar-refractivity contribution is 5.98. The molecule has 10 heteroatoms. The van der Waals surface area contributed by atoms with E-state index < -0.39 is 35.5 Å². The summed E-state index contributed by atoms with van der Waals surface area (Å²) in [7, 11) is 1.13. The minimum absolute atomic E-state index is 0.140. The van der Waals surface area contributed by atoms with Gasteiger partial charge >= 0.3 is 5.97 Å². The van der Waals surface area contributed by atoms with Crippen LogP contribution in [0.25, 0.3) is 11.1 Å². The number of nitrogens with zero attached hydrogens (tertiary/aromatic N) is 2. The largest absolute Gasteiger partial charge is 0.465 e. The van der Waals surface area contributed by atoms with E-state index in [0.717, 1.165) is 19.2 Å². The summed E-state index contributed by atoms with van der Waals surface area (Å²) >= 11 is 0. The molecule has 0 aliphatic carbocycles. The second-order valence-electron chi connectivity index (χ2n) is 7.24. The predicted molar refractivity (Wildman–Crippen MR) is 119 cm³/mol.